The standard InChI is InChI=1S/C15H19N3O3S/c1-15(14(20)21)9-22-13(17-15)11-3-2-10(8-12(11)19)18-6-4-16-5-7-18/h2-3,8,16,19H,4-7,9H2,1H3,(H,20,21)/t15-/m1/s1. The van der Waals surface area contributed by atoms with E-state index in [4.69, 9.17) is 0 Å². The maximum absolute atomic E-state index is 11.3. The van der Waals surface area contributed by atoms with E-state index in [1.165, 1.54) is 11.8 Å². The van der Waals surface area contributed by atoms with E-state index in [1.54, 1.807) is 13.0 Å². The molecule has 118 valence electrons. The summed E-state index contributed by atoms with van der Waals surface area (Å²) in [5.74, 6) is -0.403. The highest BCUT2D eigenvalue weighted by Crippen LogP contribution is 2.35. The summed E-state index contributed by atoms with van der Waals surface area (Å²) in [4.78, 5) is 17.8. The number of carboxylic acids is 1. The Kier molecular flexibility index (Phi) is 4.01. The van der Waals surface area contributed by atoms with Crippen molar-refractivity contribution in [3.05, 3.63) is 23.8 Å². The number of carboxylic acid groups (broad SMARTS) is 1. The topological polar surface area (TPSA) is 85.2 Å². The molecule has 1 aromatic rings. The van der Waals surface area contributed by atoms with E-state index < -0.39 is 11.5 Å². The normalized spacial score (nSPS) is 25.1. The smallest absolute Gasteiger partial charge is 0.332 e. The molecule has 3 rings (SSSR count). The van der Waals surface area contributed by atoms with Gasteiger partial charge >= 0.3 is 5.97 Å². The van der Waals surface area contributed by atoms with Crippen LogP contribution in [-0.2, 0) is 4.79 Å². The van der Waals surface area contributed by atoms with Crippen molar-refractivity contribution in [1.82, 2.24) is 5.32 Å². The van der Waals surface area contributed by atoms with E-state index in [-0.39, 0.29) is 5.75 Å². The lowest BCUT2D eigenvalue weighted by molar-refractivity contribution is -0.141. The number of phenolic OH excluding ortho intramolecular Hbond substituents is 1. The number of hydrogen-bond donors (Lipinski definition) is 3. The van der Waals surface area contributed by atoms with Crippen LogP contribution in [0.5, 0.6) is 5.75 Å². The monoisotopic (exact) mass is 321 g/mol. The van der Waals surface area contributed by atoms with E-state index in [2.05, 4.69) is 15.2 Å². The predicted molar refractivity (Wildman–Crippen MR) is 88.2 cm³/mol. The van der Waals surface area contributed by atoms with Gasteiger partial charge < -0.3 is 20.4 Å². The van der Waals surface area contributed by atoms with Crippen molar-refractivity contribution < 1.29 is 15.0 Å². The zero-order valence-corrected chi connectivity index (χ0v) is 13.2. The molecule has 22 heavy (non-hydrogen) atoms. The number of benzene rings is 1. The van der Waals surface area contributed by atoms with Gasteiger partial charge in [-0.05, 0) is 19.1 Å². The molecule has 0 saturated carbocycles. The number of nitrogens with zero attached hydrogens (tertiary/aromatic N) is 2. The van der Waals surface area contributed by atoms with Gasteiger partial charge in [0.1, 0.15) is 10.8 Å². The molecule has 1 saturated heterocycles. The Hall–Kier alpha value is -1.73. The lowest BCUT2D eigenvalue weighted by Gasteiger charge is -2.29. The summed E-state index contributed by atoms with van der Waals surface area (Å²) in [5.41, 5.74) is 0.477. The number of nitrogens with one attached hydrogen (secondary N) is 1. The van der Waals surface area contributed by atoms with Crippen LogP contribution >= 0.6 is 11.8 Å². The number of rotatable bonds is 3. The Balaban J connectivity index is 1.85. The second-order valence-electron chi connectivity index (χ2n) is 5.72. The largest absolute Gasteiger partial charge is 0.507 e. The highest BCUT2D eigenvalue weighted by Gasteiger charge is 2.39. The molecule has 1 fully saturated rings. The van der Waals surface area contributed by atoms with Gasteiger partial charge in [-0.3, -0.25) is 4.99 Å². The first-order valence-corrected chi connectivity index (χ1v) is 8.23. The highest BCUT2D eigenvalue weighted by atomic mass is 32.2. The zero-order valence-electron chi connectivity index (χ0n) is 12.4. The predicted octanol–water partition coefficient (Wildman–Crippen LogP) is 1.14. The van der Waals surface area contributed by atoms with Gasteiger partial charge in [0.15, 0.2) is 5.54 Å². The van der Waals surface area contributed by atoms with Crippen LogP contribution in [0.4, 0.5) is 5.69 Å². The molecule has 0 amide bonds. The number of thioether (sulfide) groups is 1. The molecule has 0 aliphatic carbocycles. The van der Waals surface area contributed by atoms with Gasteiger partial charge in [-0.1, -0.05) is 0 Å². The quantitative estimate of drug-likeness (QED) is 0.774. The van der Waals surface area contributed by atoms with Crippen molar-refractivity contribution >= 4 is 28.5 Å². The Labute approximate surface area is 133 Å². The summed E-state index contributed by atoms with van der Waals surface area (Å²) in [7, 11) is 0. The Bertz CT molecular complexity index is 628. The van der Waals surface area contributed by atoms with E-state index in [0.717, 1.165) is 31.9 Å². The molecule has 2 aliphatic heterocycles. The molecular weight excluding hydrogens is 302 g/mol. The first-order chi connectivity index (χ1) is 10.5. The van der Waals surface area contributed by atoms with Crippen LogP contribution in [0.3, 0.4) is 0 Å². The maximum Gasteiger partial charge on any atom is 0.332 e. The second kappa shape index (κ2) is 5.81. The van der Waals surface area contributed by atoms with Gasteiger partial charge in [-0.25, -0.2) is 4.79 Å². The summed E-state index contributed by atoms with van der Waals surface area (Å²) >= 11 is 1.37. The SMILES string of the molecule is C[C@]1(C(=O)O)CSC(c2ccc(N3CCNCC3)cc2O)=N1. The lowest BCUT2D eigenvalue weighted by atomic mass is 10.1. The molecule has 0 radical (unpaired) electrons. The number of phenols is 1. The third-order valence-corrected chi connectivity index (χ3v) is 5.28. The third kappa shape index (κ3) is 2.78. The molecule has 0 aromatic heterocycles. The number of hydrogen-bond acceptors (Lipinski definition) is 6. The molecule has 1 aromatic carbocycles. The zero-order chi connectivity index (χ0) is 15.7. The van der Waals surface area contributed by atoms with E-state index in [0.29, 0.717) is 16.4 Å². The van der Waals surface area contributed by atoms with Crippen molar-refractivity contribution in [2.75, 3.05) is 36.8 Å². The summed E-state index contributed by atoms with van der Waals surface area (Å²) in [6.45, 7) is 5.28. The second-order valence-corrected chi connectivity index (χ2v) is 6.69. The lowest BCUT2D eigenvalue weighted by Crippen LogP contribution is -2.43. The van der Waals surface area contributed by atoms with Crippen molar-refractivity contribution in [1.29, 1.82) is 0 Å². The van der Waals surface area contributed by atoms with Crippen LogP contribution in [0.1, 0.15) is 12.5 Å². The average Bonchev–Trinajstić information content (AvgIpc) is 2.92. The maximum atomic E-state index is 11.3. The van der Waals surface area contributed by atoms with Crippen molar-refractivity contribution in [2.24, 2.45) is 4.99 Å². The number of carbonyl (C=O) groups is 1. The molecule has 0 spiro atoms. The summed E-state index contributed by atoms with van der Waals surface area (Å²) in [5, 5.41) is 23.4. The number of aliphatic imine (C=N–C) groups is 1. The third-order valence-electron chi connectivity index (χ3n) is 3.99. The molecule has 0 unspecified atom stereocenters. The Morgan fingerprint density at radius 2 is 2.14 bits per heavy atom. The minimum absolute atomic E-state index is 0.150. The van der Waals surface area contributed by atoms with Crippen LogP contribution in [0.15, 0.2) is 23.2 Å². The minimum Gasteiger partial charge on any atom is -0.507 e. The van der Waals surface area contributed by atoms with E-state index >= 15 is 0 Å². The number of aromatic hydroxyl groups is 1. The molecule has 0 bridgehead atoms. The molecular formula is C15H19N3O3S. The van der Waals surface area contributed by atoms with Gasteiger partial charge in [0, 0.05) is 49.2 Å². The minimum atomic E-state index is -1.11. The van der Waals surface area contributed by atoms with Crippen molar-refractivity contribution in [2.45, 2.75) is 12.5 Å². The number of piperazine rings is 1. The Morgan fingerprint density at radius 1 is 1.41 bits per heavy atom. The molecule has 2 aliphatic rings. The van der Waals surface area contributed by atoms with Crippen molar-refractivity contribution in [3.8, 4) is 5.75 Å². The fourth-order valence-electron chi connectivity index (χ4n) is 2.57. The fourth-order valence-corrected chi connectivity index (χ4v) is 3.77. The molecule has 7 heteroatoms. The summed E-state index contributed by atoms with van der Waals surface area (Å²) in [6, 6.07) is 5.52. The molecule has 2 heterocycles. The van der Waals surface area contributed by atoms with Crippen LogP contribution in [0.25, 0.3) is 0 Å². The Morgan fingerprint density at radius 3 is 2.73 bits per heavy atom. The van der Waals surface area contributed by atoms with Gasteiger partial charge in [-0.2, -0.15) is 0 Å². The summed E-state index contributed by atoms with van der Waals surface area (Å²) < 4.78 is 0. The van der Waals surface area contributed by atoms with Crippen LogP contribution in [0, 0.1) is 0 Å². The average molecular weight is 321 g/mol. The van der Waals surface area contributed by atoms with Crippen molar-refractivity contribution in [3.63, 3.8) is 0 Å². The first kappa shape index (κ1) is 15.2. The van der Waals surface area contributed by atoms with Gasteiger partial charge in [0.25, 0.3) is 0 Å². The summed E-state index contributed by atoms with van der Waals surface area (Å²) in [6.07, 6.45) is 0. The van der Waals surface area contributed by atoms with Gasteiger partial charge in [0.05, 0.1) is 0 Å². The number of aliphatic carboxylic acids is 1. The van der Waals surface area contributed by atoms with E-state index in [1.807, 2.05) is 12.1 Å². The molecule has 3 N–H and O–H groups in total. The van der Waals surface area contributed by atoms with Gasteiger partial charge in [0.2, 0.25) is 0 Å². The first-order valence-electron chi connectivity index (χ1n) is 7.25. The van der Waals surface area contributed by atoms with Crippen LogP contribution in [-0.4, -0.2) is 58.7 Å². The molecule has 6 nitrogen and oxygen atoms in total. The van der Waals surface area contributed by atoms with E-state index in [9.17, 15) is 15.0 Å². The molecule has 1 atom stereocenters. The number of anilines is 1. The van der Waals surface area contributed by atoms with Crippen LogP contribution in [0.2, 0.25) is 0 Å². The van der Waals surface area contributed by atoms with Gasteiger partial charge in [-0.15, -0.1) is 11.8 Å². The fraction of sp³-hybridized carbons (Fsp3) is 0.467. The van der Waals surface area contributed by atoms with Crippen LogP contribution < -0.4 is 10.2 Å². The highest BCUT2D eigenvalue weighted by molar-refractivity contribution is 8.14.